The van der Waals surface area contributed by atoms with E-state index in [-0.39, 0.29) is 22.9 Å². The van der Waals surface area contributed by atoms with Crippen molar-refractivity contribution in [2.75, 3.05) is 12.3 Å². The average Bonchev–Trinajstić information content (AvgIpc) is 2.51. The number of hydrogen-bond donors (Lipinski definition) is 2. The van der Waals surface area contributed by atoms with E-state index in [9.17, 15) is 14.9 Å². The van der Waals surface area contributed by atoms with Gasteiger partial charge in [0, 0.05) is 23.6 Å². The van der Waals surface area contributed by atoms with Crippen molar-refractivity contribution >= 4 is 23.4 Å². The van der Waals surface area contributed by atoms with E-state index in [0.717, 1.165) is 17.7 Å². The minimum atomic E-state index is -0.445. The zero-order valence-corrected chi connectivity index (χ0v) is 13.1. The van der Waals surface area contributed by atoms with Gasteiger partial charge in [-0.3, -0.25) is 14.9 Å². The highest BCUT2D eigenvalue weighted by atomic mass is 32.2. The normalized spacial score (nSPS) is 11.2. The fraction of sp³-hybridized carbons (Fsp3) is 0.500. The molecule has 0 aliphatic carbocycles. The lowest BCUT2D eigenvalue weighted by molar-refractivity contribution is -0.384. The van der Waals surface area contributed by atoms with Gasteiger partial charge in [0.15, 0.2) is 0 Å². The summed E-state index contributed by atoms with van der Waals surface area (Å²) in [6, 6.07) is 6.16. The topological polar surface area (TPSA) is 98.3 Å². The number of non-ortho nitro benzene ring substituents is 1. The number of amides is 1. The van der Waals surface area contributed by atoms with E-state index < -0.39 is 4.92 Å². The average molecular weight is 311 g/mol. The zero-order valence-electron chi connectivity index (χ0n) is 12.3. The van der Waals surface area contributed by atoms with E-state index >= 15 is 0 Å². The number of nitrogens with one attached hydrogen (secondary N) is 1. The lowest BCUT2D eigenvalue weighted by Crippen LogP contribution is -2.53. The van der Waals surface area contributed by atoms with Gasteiger partial charge in [0.25, 0.3) is 5.69 Å². The molecule has 0 spiro atoms. The van der Waals surface area contributed by atoms with Crippen LogP contribution in [0.5, 0.6) is 0 Å². The van der Waals surface area contributed by atoms with Crippen molar-refractivity contribution in [3.05, 3.63) is 34.4 Å². The van der Waals surface area contributed by atoms with Crippen molar-refractivity contribution in [1.82, 2.24) is 5.32 Å². The highest BCUT2D eigenvalue weighted by molar-refractivity contribution is 8.00. The summed E-state index contributed by atoms with van der Waals surface area (Å²) in [5.74, 6) is 0.187. The number of rotatable bonds is 8. The molecule has 3 N–H and O–H groups in total. The lowest BCUT2D eigenvalue weighted by Gasteiger charge is -2.31. The van der Waals surface area contributed by atoms with E-state index in [1.54, 1.807) is 12.1 Å². The molecule has 0 bridgehead atoms. The summed E-state index contributed by atoms with van der Waals surface area (Å²) in [4.78, 5) is 22.9. The maximum absolute atomic E-state index is 12.0. The fourth-order valence-corrected chi connectivity index (χ4v) is 2.61. The van der Waals surface area contributed by atoms with Crippen LogP contribution in [0.25, 0.3) is 0 Å². The second-order valence-electron chi connectivity index (χ2n) is 4.78. The number of nitro benzene ring substituents is 1. The van der Waals surface area contributed by atoms with Gasteiger partial charge in [0.05, 0.1) is 16.2 Å². The Balaban J connectivity index is 2.54. The number of benzene rings is 1. The predicted molar refractivity (Wildman–Crippen MR) is 84.3 cm³/mol. The van der Waals surface area contributed by atoms with Gasteiger partial charge < -0.3 is 11.1 Å². The molecule has 1 rings (SSSR count). The standard InChI is InChI=1S/C14H21N3O3S/c1-3-14(4-2,10-15)16-13(18)9-21-12-7-5-11(6-8-12)17(19)20/h5-8H,3-4,9-10,15H2,1-2H3,(H,16,18). The van der Waals surface area contributed by atoms with Gasteiger partial charge in [-0.1, -0.05) is 13.8 Å². The van der Waals surface area contributed by atoms with E-state index in [4.69, 9.17) is 5.73 Å². The Morgan fingerprint density at radius 2 is 1.90 bits per heavy atom. The number of hydrogen-bond acceptors (Lipinski definition) is 5. The van der Waals surface area contributed by atoms with Gasteiger partial charge in [-0.05, 0) is 25.0 Å². The summed E-state index contributed by atoms with van der Waals surface area (Å²) in [5.41, 5.74) is 5.45. The molecule has 0 saturated heterocycles. The Morgan fingerprint density at radius 3 is 2.33 bits per heavy atom. The van der Waals surface area contributed by atoms with Crippen LogP contribution in [-0.4, -0.2) is 28.7 Å². The van der Waals surface area contributed by atoms with E-state index in [1.165, 1.54) is 23.9 Å². The van der Waals surface area contributed by atoms with Crippen LogP contribution in [-0.2, 0) is 4.79 Å². The maximum Gasteiger partial charge on any atom is 0.269 e. The third-order valence-electron chi connectivity index (χ3n) is 3.57. The van der Waals surface area contributed by atoms with E-state index in [2.05, 4.69) is 5.32 Å². The number of nitrogens with two attached hydrogens (primary N) is 1. The van der Waals surface area contributed by atoms with Crippen molar-refractivity contribution in [2.45, 2.75) is 37.1 Å². The Hall–Kier alpha value is -1.60. The molecule has 7 heteroatoms. The van der Waals surface area contributed by atoms with Crippen LogP contribution in [0.15, 0.2) is 29.2 Å². The van der Waals surface area contributed by atoms with Crippen LogP contribution in [0.3, 0.4) is 0 Å². The molecule has 1 aromatic rings. The second-order valence-corrected chi connectivity index (χ2v) is 5.83. The first-order valence-electron chi connectivity index (χ1n) is 6.84. The number of carbonyl (C=O) groups is 1. The Bertz CT molecular complexity index is 478. The van der Waals surface area contributed by atoms with Crippen molar-refractivity contribution in [1.29, 1.82) is 0 Å². The van der Waals surface area contributed by atoms with Gasteiger partial charge in [0.1, 0.15) is 0 Å². The van der Waals surface area contributed by atoms with E-state index in [1.807, 2.05) is 13.8 Å². The molecule has 0 radical (unpaired) electrons. The summed E-state index contributed by atoms with van der Waals surface area (Å²) >= 11 is 1.35. The molecule has 21 heavy (non-hydrogen) atoms. The first-order chi connectivity index (χ1) is 9.96. The SMILES string of the molecule is CCC(CC)(CN)NC(=O)CSc1ccc([N+](=O)[O-])cc1. The summed E-state index contributed by atoms with van der Waals surface area (Å²) in [7, 11) is 0. The number of carbonyl (C=O) groups excluding carboxylic acids is 1. The molecular formula is C14H21N3O3S. The second kappa shape index (κ2) is 7.99. The minimum absolute atomic E-state index is 0.0444. The molecule has 1 amide bonds. The van der Waals surface area contributed by atoms with Gasteiger partial charge in [-0.25, -0.2) is 0 Å². The van der Waals surface area contributed by atoms with Crippen molar-refractivity contribution in [3.63, 3.8) is 0 Å². The molecule has 0 unspecified atom stereocenters. The molecule has 116 valence electrons. The smallest absolute Gasteiger partial charge is 0.269 e. The number of thioether (sulfide) groups is 1. The quantitative estimate of drug-likeness (QED) is 0.436. The van der Waals surface area contributed by atoms with Crippen molar-refractivity contribution in [2.24, 2.45) is 5.73 Å². The Morgan fingerprint density at radius 1 is 1.33 bits per heavy atom. The first kappa shape index (κ1) is 17.5. The Labute approximate surface area is 128 Å². The molecule has 0 heterocycles. The third-order valence-corrected chi connectivity index (χ3v) is 4.58. The van der Waals surface area contributed by atoms with Gasteiger partial charge in [-0.15, -0.1) is 11.8 Å². The molecule has 6 nitrogen and oxygen atoms in total. The highest BCUT2D eigenvalue weighted by Gasteiger charge is 2.26. The predicted octanol–water partition coefficient (Wildman–Crippen LogP) is 2.32. The summed E-state index contributed by atoms with van der Waals surface area (Å²) in [6.45, 7) is 4.41. The number of nitrogens with zero attached hydrogens (tertiary/aromatic N) is 1. The largest absolute Gasteiger partial charge is 0.349 e. The van der Waals surface area contributed by atoms with Gasteiger partial charge >= 0.3 is 0 Å². The molecule has 0 aromatic heterocycles. The van der Waals surface area contributed by atoms with Crippen LogP contribution in [0.2, 0.25) is 0 Å². The fourth-order valence-electron chi connectivity index (χ4n) is 1.91. The van der Waals surface area contributed by atoms with E-state index in [0.29, 0.717) is 6.54 Å². The van der Waals surface area contributed by atoms with Crippen LogP contribution >= 0.6 is 11.8 Å². The summed E-state index contributed by atoms with van der Waals surface area (Å²) in [6.07, 6.45) is 1.57. The molecular weight excluding hydrogens is 290 g/mol. The van der Waals surface area contributed by atoms with Gasteiger partial charge in [-0.2, -0.15) is 0 Å². The molecule has 0 atom stereocenters. The maximum atomic E-state index is 12.0. The van der Waals surface area contributed by atoms with Crippen molar-refractivity contribution in [3.8, 4) is 0 Å². The Kier molecular flexibility index (Phi) is 6.64. The third kappa shape index (κ3) is 5.02. The van der Waals surface area contributed by atoms with Crippen LogP contribution in [0, 0.1) is 10.1 Å². The molecule has 0 aliphatic heterocycles. The van der Waals surface area contributed by atoms with Crippen LogP contribution < -0.4 is 11.1 Å². The molecule has 0 saturated carbocycles. The van der Waals surface area contributed by atoms with Crippen LogP contribution in [0.1, 0.15) is 26.7 Å². The van der Waals surface area contributed by atoms with Crippen molar-refractivity contribution < 1.29 is 9.72 Å². The number of nitro groups is 1. The zero-order chi connectivity index (χ0) is 15.9. The molecule has 1 aromatic carbocycles. The first-order valence-corrected chi connectivity index (χ1v) is 7.83. The van der Waals surface area contributed by atoms with Gasteiger partial charge in [0.2, 0.25) is 5.91 Å². The van der Waals surface area contributed by atoms with Crippen LogP contribution in [0.4, 0.5) is 5.69 Å². The lowest BCUT2D eigenvalue weighted by atomic mass is 9.93. The molecule has 0 fully saturated rings. The minimum Gasteiger partial charge on any atom is -0.349 e. The summed E-state index contributed by atoms with van der Waals surface area (Å²) < 4.78 is 0. The highest BCUT2D eigenvalue weighted by Crippen LogP contribution is 2.21. The summed E-state index contributed by atoms with van der Waals surface area (Å²) in [5, 5.41) is 13.5. The molecule has 0 aliphatic rings. The monoisotopic (exact) mass is 311 g/mol.